The van der Waals surface area contributed by atoms with Gasteiger partial charge in [0, 0.05) is 24.8 Å². The molecule has 2 heterocycles. The SMILES string of the molecule is COC(=O)CN1CCc2ccc(Nc3ncc(F)c(N[C@@H]4CCCC4C(N)=O)n3)cc2C1. The van der Waals surface area contributed by atoms with Gasteiger partial charge in [0.05, 0.1) is 25.8 Å². The fourth-order valence-electron chi connectivity index (χ4n) is 4.38. The average Bonchev–Trinajstić information content (AvgIpc) is 3.24. The van der Waals surface area contributed by atoms with Gasteiger partial charge in [-0.25, -0.2) is 9.37 Å². The van der Waals surface area contributed by atoms with Crippen molar-refractivity contribution in [2.45, 2.75) is 38.3 Å². The highest BCUT2D eigenvalue weighted by molar-refractivity contribution is 5.78. The standard InChI is InChI=1S/C22H27FN6O3/c1-32-19(30)12-29-8-7-13-5-6-15(9-14(13)11-29)26-22-25-10-17(23)21(28-22)27-18-4-2-3-16(18)20(24)31/h5-6,9-10,16,18H,2-4,7-8,11-12H2,1H3,(H2,24,31)(H2,25,26,27,28)/t16?,18-/m1/s1. The van der Waals surface area contributed by atoms with Gasteiger partial charge in [0.15, 0.2) is 11.6 Å². The van der Waals surface area contributed by atoms with Crippen LogP contribution in [0.4, 0.5) is 21.8 Å². The minimum atomic E-state index is -0.588. The summed E-state index contributed by atoms with van der Waals surface area (Å²) in [7, 11) is 1.38. The van der Waals surface area contributed by atoms with Gasteiger partial charge in [-0.2, -0.15) is 4.98 Å². The molecule has 2 aromatic rings. The van der Waals surface area contributed by atoms with Crippen LogP contribution in [0.25, 0.3) is 0 Å². The zero-order chi connectivity index (χ0) is 22.7. The lowest BCUT2D eigenvalue weighted by atomic mass is 9.99. The molecule has 1 aromatic heterocycles. The number of benzene rings is 1. The predicted octanol–water partition coefficient (Wildman–Crippen LogP) is 1.96. The third-order valence-electron chi connectivity index (χ3n) is 6.08. The van der Waals surface area contributed by atoms with Crippen molar-refractivity contribution >= 4 is 29.3 Å². The molecule has 1 aliphatic carbocycles. The second-order valence-corrected chi connectivity index (χ2v) is 8.23. The number of hydrogen-bond donors (Lipinski definition) is 3. The second kappa shape index (κ2) is 9.47. The number of rotatable bonds is 7. The Balaban J connectivity index is 1.47. The lowest BCUT2D eigenvalue weighted by Crippen LogP contribution is -2.35. The number of halogens is 1. The number of esters is 1. The molecule has 1 fully saturated rings. The summed E-state index contributed by atoms with van der Waals surface area (Å²) in [6.07, 6.45) is 4.21. The Kier molecular flexibility index (Phi) is 6.50. The fourth-order valence-corrected chi connectivity index (χ4v) is 4.38. The number of ether oxygens (including phenoxy) is 1. The van der Waals surface area contributed by atoms with Gasteiger partial charge in [-0.1, -0.05) is 12.5 Å². The number of nitrogens with two attached hydrogens (primary N) is 1. The zero-order valence-corrected chi connectivity index (χ0v) is 17.9. The van der Waals surface area contributed by atoms with Gasteiger partial charge >= 0.3 is 5.97 Å². The maximum atomic E-state index is 14.3. The number of nitrogens with one attached hydrogen (secondary N) is 2. The number of fused-ring (bicyclic) bond motifs is 1. The summed E-state index contributed by atoms with van der Waals surface area (Å²) in [5.74, 6) is -1.29. The highest BCUT2D eigenvalue weighted by atomic mass is 19.1. The van der Waals surface area contributed by atoms with Crippen molar-refractivity contribution in [2.24, 2.45) is 11.7 Å². The van der Waals surface area contributed by atoms with E-state index in [1.807, 2.05) is 23.1 Å². The van der Waals surface area contributed by atoms with Crippen LogP contribution in [0.2, 0.25) is 0 Å². The Morgan fingerprint density at radius 2 is 2.16 bits per heavy atom. The van der Waals surface area contributed by atoms with E-state index < -0.39 is 5.82 Å². The van der Waals surface area contributed by atoms with Crippen LogP contribution in [-0.4, -0.2) is 53.0 Å². The summed E-state index contributed by atoms with van der Waals surface area (Å²) in [5.41, 5.74) is 8.54. The molecule has 4 rings (SSSR count). The molecule has 2 atom stereocenters. The summed E-state index contributed by atoms with van der Waals surface area (Å²) in [6.45, 7) is 1.67. The number of primary amides is 1. The highest BCUT2D eigenvalue weighted by Crippen LogP contribution is 2.29. The number of carbonyl (C=O) groups excluding carboxylic acids is 2. The topological polar surface area (TPSA) is 122 Å². The van der Waals surface area contributed by atoms with Crippen molar-refractivity contribution in [3.05, 3.63) is 41.3 Å². The Hall–Kier alpha value is -3.27. The van der Waals surface area contributed by atoms with Crippen LogP contribution in [0.3, 0.4) is 0 Å². The van der Waals surface area contributed by atoms with Crippen molar-refractivity contribution < 1.29 is 18.7 Å². The van der Waals surface area contributed by atoms with Gasteiger partial charge in [-0.05, 0) is 42.5 Å². The minimum absolute atomic E-state index is 0.0443. The summed E-state index contributed by atoms with van der Waals surface area (Å²) in [5, 5.41) is 6.15. The number of anilines is 3. The minimum Gasteiger partial charge on any atom is -0.468 e. The van der Waals surface area contributed by atoms with E-state index >= 15 is 0 Å². The molecule has 1 saturated carbocycles. The van der Waals surface area contributed by atoms with E-state index in [1.54, 1.807) is 0 Å². The van der Waals surface area contributed by atoms with E-state index in [2.05, 4.69) is 20.6 Å². The highest BCUT2D eigenvalue weighted by Gasteiger charge is 2.32. The molecular formula is C22H27FN6O3. The molecule has 1 aliphatic heterocycles. The smallest absolute Gasteiger partial charge is 0.319 e. The Labute approximate surface area is 185 Å². The van der Waals surface area contributed by atoms with Crippen LogP contribution in [0.1, 0.15) is 30.4 Å². The van der Waals surface area contributed by atoms with Crippen LogP contribution >= 0.6 is 0 Å². The number of hydrogen-bond acceptors (Lipinski definition) is 8. The van der Waals surface area contributed by atoms with Gasteiger partial charge in [0.25, 0.3) is 0 Å². The molecule has 2 aliphatic rings. The first kappa shape index (κ1) is 21.9. The van der Waals surface area contributed by atoms with E-state index in [9.17, 15) is 14.0 Å². The van der Waals surface area contributed by atoms with Gasteiger partial charge in [-0.15, -0.1) is 0 Å². The van der Waals surface area contributed by atoms with E-state index in [-0.39, 0.29) is 42.1 Å². The van der Waals surface area contributed by atoms with Gasteiger partial charge in [-0.3, -0.25) is 14.5 Å². The quantitative estimate of drug-likeness (QED) is 0.556. The molecule has 1 unspecified atom stereocenters. The predicted molar refractivity (Wildman–Crippen MR) is 117 cm³/mol. The summed E-state index contributed by atoms with van der Waals surface area (Å²) in [4.78, 5) is 33.6. The molecule has 1 amide bonds. The fraction of sp³-hybridized carbons (Fsp3) is 0.455. The lowest BCUT2D eigenvalue weighted by Gasteiger charge is -2.28. The Bertz CT molecular complexity index is 1020. The van der Waals surface area contributed by atoms with E-state index in [4.69, 9.17) is 10.5 Å². The zero-order valence-electron chi connectivity index (χ0n) is 17.9. The number of carbonyl (C=O) groups is 2. The first-order valence-corrected chi connectivity index (χ1v) is 10.7. The molecule has 0 bridgehead atoms. The number of nitrogens with zero attached hydrogens (tertiary/aromatic N) is 3. The van der Waals surface area contributed by atoms with Crippen molar-refractivity contribution in [2.75, 3.05) is 30.8 Å². The molecule has 0 saturated heterocycles. The summed E-state index contributed by atoms with van der Waals surface area (Å²) >= 11 is 0. The molecule has 9 nitrogen and oxygen atoms in total. The summed E-state index contributed by atoms with van der Waals surface area (Å²) in [6, 6.07) is 5.70. The van der Waals surface area contributed by atoms with Crippen molar-refractivity contribution in [1.29, 1.82) is 0 Å². The number of aromatic nitrogens is 2. The lowest BCUT2D eigenvalue weighted by molar-refractivity contribution is -0.142. The third-order valence-corrected chi connectivity index (χ3v) is 6.08. The van der Waals surface area contributed by atoms with Crippen LogP contribution in [0, 0.1) is 11.7 Å². The first-order valence-electron chi connectivity index (χ1n) is 10.7. The monoisotopic (exact) mass is 442 g/mol. The molecule has 0 spiro atoms. The molecule has 10 heteroatoms. The molecule has 0 radical (unpaired) electrons. The van der Waals surface area contributed by atoms with Crippen LogP contribution < -0.4 is 16.4 Å². The van der Waals surface area contributed by atoms with Gasteiger partial charge in [0.2, 0.25) is 11.9 Å². The van der Waals surface area contributed by atoms with Crippen LogP contribution in [0.15, 0.2) is 24.4 Å². The largest absolute Gasteiger partial charge is 0.468 e. The van der Waals surface area contributed by atoms with E-state index in [0.717, 1.165) is 43.3 Å². The Morgan fingerprint density at radius 1 is 1.31 bits per heavy atom. The van der Waals surface area contributed by atoms with E-state index in [1.165, 1.54) is 12.7 Å². The summed E-state index contributed by atoms with van der Waals surface area (Å²) < 4.78 is 19.1. The van der Waals surface area contributed by atoms with Crippen LogP contribution in [-0.2, 0) is 27.3 Å². The third kappa shape index (κ3) is 4.96. The molecular weight excluding hydrogens is 415 g/mol. The maximum Gasteiger partial charge on any atom is 0.319 e. The maximum absolute atomic E-state index is 14.3. The van der Waals surface area contributed by atoms with Crippen molar-refractivity contribution in [1.82, 2.24) is 14.9 Å². The Morgan fingerprint density at radius 3 is 2.94 bits per heavy atom. The average molecular weight is 442 g/mol. The molecule has 1 aromatic carbocycles. The normalized spacial score (nSPS) is 20.4. The van der Waals surface area contributed by atoms with Crippen molar-refractivity contribution in [3.63, 3.8) is 0 Å². The number of methoxy groups -OCH3 is 1. The van der Waals surface area contributed by atoms with Gasteiger partial charge < -0.3 is 21.1 Å². The van der Waals surface area contributed by atoms with Crippen LogP contribution in [0.5, 0.6) is 0 Å². The first-order chi connectivity index (χ1) is 15.4. The number of amides is 1. The molecule has 170 valence electrons. The van der Waals surface area contributed by atoms with Gasteiger partial charge in [0.1, 0.15) is 0 Å². The molecule has 4 N–H and O–H groups in total. The second-order valence-electron chi connectivity index (χ2n) is 8.23. The van der Waals surface area contributed by atoms with Crippen molar-refractivity contribution in [3.8, 4) is 0 Å². The molecule has 32 heavy (non-hydrogen) atoms. The van der Waals surface area contributed by atoms with E-state index in [0.29, 0.717) is 13.0 Å².